The first-order valence-corrected chi connectivity index (χ1v) is 14.7. The maximum atomic E-state index is 14.3. The molecule has 0 radical (unpaired) electrons. The fourth-order valence-corrected chi connectivity index (χ4v) is 6.36. The van der Waals surface area contributed by atoms with Gasteiger partial charge in [-0.05, 0) is 87.5 Å². The number of urea groups is 1. The molecule has 3 aromatic rings. The molecule has 1 saturated carbocycles. The Morgan fingerprint density at radius 3 is 2.45 bits per heavy atom. The van der Waals surface area contributed by atoms with Crippen molar-refractivity contribution < 1.29 is 18.8 Å². The van der Waals surface area contributed by atoms with Crippen LogP contribution in [-0.4, -0.2) is 66.6 Å². The Morgan fingerprint density at radius 1 is 1.05 bits per heavy atom. The molecule has 0 unspecified atom stereocenters. The second kappa shape index (κ2) is 11.8. The van der Waals surface area contributed by atoms with E-state index in [9.17, 15) is 18.8 Å². The van der Waals surface area contributed by atoms with Crippen LogP contribution in [0.5, 0.6) is 0 Å². The van der Waals surface area contributed by atoms with E-state index in [1.807, 2.05) is 31.1 Å². The first kappa shape index (κ1) is 29.6. The molecule has 9 nitrogen and oxygen atoms in total. The number of halogens is 1. The molecule has 1 aliphatic heterocycles. The van der Waals surface area contributed by atoms with Gasteiger partial charge in [0.1, 0.15) is 5.82 Å². The summed E-state index contributed by atoms with van der Waals surface area (Å²) in [6.07, 6.45) is 4.29. The van der Waals surface area contributed by atoms with Gasteiger partial charge in [-0.3, -0.25) is 14.2 Å². The summed E-state index contributed by atoms with van der Waals surface area (Å²) in [6, 6.07) is 10.1. The first-order chi connectivity index (χ1) is 19.9. The van der Waals surface area contributed by atoms with E-state index in [1.54, 1.807) is 16.7 Å². The van der Waals surface area contributed by atoms with Crippen LogP contribution in [0.15, 0.2) is 36.4 Å². The van der Waals surface area contributed by atoms with Gasteiger partial charge in [-0.2, -0.15) is 0 Å². The molecule has 5 rings (SSSR count). The molecule has 0 atom stereocenters. The molecule has 5 N–H and O–H groups in total. The standard InChI is InChI=1S/C32H41FN6O3/c1-32(2)17-27-29(24-12-6-20(33)16-26(24)39(27)28(40)18-32)19-5-11-23(30(34)41)25(15-19)36-21-7-9-22(10-8-21)37-31(42)35-13-14-38(3)4/h5-6,11-12,15-16,21-22,36H,7-10,13-14,17-18H2,1-4H3,(H2,34,41)(H2,35,37,42)/t21-,22-. The summed E-state index contributed by atoms with van der Waals surface area (Å²) in [5, 5.41) is 10.3. The van der Waals surface area contributed by atoms with Crippen LogP contribution in [-0.2, 0) is 6.42 Å². The van der Waals surface area contributed by atoms with Gasteiger partial charge in [0, 0.05) is 53.9 Å². The van der Waals surface area contributed by atoms with Crippen molar-refractivity contribution >= 4 is 34.4 Å². The highest BCUT2D eigenvalue weighted by atomic mass is 19.1. The van der Waals surface area contributed by atoms with E-state index in [-0.39, 0.29) is 29.4 Å². The lowest BCUT2D eigenvalue weighted by atomic mass is 9.80. The maximum absolute atomic E-state index is 14.3. The van der Waals surface area contributed by atoms with Crippen LogP contribution in [0.1, 0.15) is 66.8 Å². The van der Waals surface area contributed by atoms with Gasteiger partial charge in [-0.25, -0.2) is 9.18 Å². The van der Waals surface area contributed by atoms with Crippen molar-refractivity contribution in [3.8, 4) is 11.1 Å². The lowest BCUT2D eigenvalue weighted by Crippen LogP contribution is -2.46. The van der Waals surface area contributed by atoms with Crippen molar-refractivity contribution in [3.63, 3.8) is 0 Å². The zero-order valence-electron chi connectivity index (χ0n) is 24.9. The van der Waals surface area contributed by atoms with Crippen LogP contribution in [0.4, 0.5) is 14.9 Å². The third-order valence-electron chi connectivity index (χ3n) is 8.39. The smallest absolute Gasteiger partial charge is 0.315 e. The Bertz CT molecular complexity index is 1520. The molecule has 3 amide bonds. The summed E-state index contributed by atoms with van der Waals surface area (Å²) in [6.45, 7) is 5.50. The number of carbonyl (C=O) groups is 3. The summed E-state index contributed by atoms with van der Waals surface area (Å²) in [4.78, 5) is 39.9. The van der Waals surface area contributed by atoms with Gasteiger partial charge in [0.05, 0.1) is 11.1 Å². The Kier molecular flexibility index (Phi) is 8.28. The summed E-state index contributed by atoms with van der Waals surface area (Å²) in [7, 11) is 3.93. The third-order valence-corrected chi connectivity index (χ3v) is 8.39. The van der Waals surface area contributed by atoms with Crippen LogP contribution < -0.4 is 21.7 Å². The molecule has 0 bridgehead atoms. The number of hydrogen-bond acceptors (Lipinski definition) is 5. The van der Waals surface area contributed by atoms with Gasteiger partial charge in [0.15, 0.2) is 0 Å². The highest BCUT2D eigenvalue weighted by molar-refractivity contribution is 6.06. The number of amides is 3. The topological polar surface area (TPSA) is 121 Å². The molecule has 2 aromatic carbocycles. The van der Waals surface area contributed by atoms with E-state index in [1.165, 1.54) is 12.1 Å². The van der Waals surface area contributed by atoms with Crippen LogP contribution in [0.3, 0.4) is 0 Å². The van der Waals surface area contributed by atoms with Crippen LogP contribution in [0.2, 0.25) is 0 Å². The van der Waals surface area contributed by atoms with Crippen LogP contribution in [0, 0.1) is 11.2 Å². The number of nitrogens with zero attached hydrogens (tertiary/aromatic N) is 2. The normalized spacial score (nSPS) is 19.9. The molecular weight excluding hydrogens is 535 g/mol. The molecule has 10 heteroatoms. The number of likely N-dealkylation sites (N-methyl/N-ethyl adjacent to an activating group) is 1. The number of nitrogens with two attached hydrogens (primary N) is 1. The van der Waals surface area contributed by atoms with Crippen molar-refractivity contribution in [1.82, 2.24) is 20.1 Å². The maximum Gasteiger partial charge on any atom is 0.315 e. The van der Waals surface area contributed by atoms with E-state index in [4.69, 9.17) is 5.73 Å². The number of fused-ring (bicyclic) bond motifs is 3. The van der Waals surface area contributed by atoms with Gasteiger partial charge in [0.2, 0.25) is 5.91 Å². The molecule has 2 aliphatic rings. The number of rotatable bonds is 8. The fourth-order valence-electron chi connectivity index (χ4n) is 6.36. The van der Waals surface area contributed by atoms with Gasteiger partial charge in [0.25, 0.3) is 5.91 Å². The Morgan fingerprint density at radius 2 is 1.76 bits per heavy atom. The minimum atomic E-state index is -0.532. The lowest BCUT2D eigenvalue weighted by Gasteiger charge is -2.31. The second-order valence-electron chi connectivity index (χ2n) is 12.8. The lowest BCUT2D eigenvalue weighted by molar-refractivity contribution is 0.0816. The van der Waals surface area contributed by atoms with E-state index >= 15 is 0 Å². The summed E-state index contributed by atoms with van der Waals surface area (Å²) >= 11 is 0. The molecule has 0 saturated heterocycles. The summed E-state index contributed by atoms with van der Waals surface area (Å²) in [5.74, 6) is -0.975. The predicted molar refractivity (Wildman–Crippen MR) is 163 cm³/mol. The zero-order chi connectivity index (χ0) is 30.2. The quantitative estimate of drug-likeness (QED) is 0.309. The van der Waals surface area contributed by atoms with Crippen molar-refractivity contribution in [3.05, 3.63) is 53.5 Å². The van der Waals surface area contributed by atoms with Gasteiger partial charge < -0.3 is 26.6 Å². The SMILES string of the molecule is CN(C)CCNC(=O)N[C@H]1CC[C@H](Nc2cc(-c3c4n(c5cc(F)ccc35)C(=O)CC(C)(C)C4)ccc2C(N)=O)CC1. The molecule has 0 spiro atoms. The number of nitrogens with one attached hydrogen (secondary N) is 3. The molecule has 1 fully saturated rings. The third kappa shape index (κ3) is 6.28. The minimum absolute atomic E-state index is 0.0491. The van der Waals surface area contributed by atoms with Crippen molar-refractivity contribution in [2.24, 2.45) is 11.1 Å². The molecule has 224 valence electrons. The largest absolute Gasteiger partial charge is 0.382 e. The summed E-state index contributed by atoms with van der Waals surface area (Å²) < 4.78 is 16.0. The first-order valence-electron chi connectivity index (χ1n) is 14.7. The molecule has 2 heterocycles. The second-order valence-corrected chi connectivity index (χ2v) is 12.8. The monoisotopic (exact) mass is 576 g/mol. The minimum Gasteiger partial charge on any atom is -0.382 e. The average Bonchev–Trinajstić information content (AvgIpc) is 3.21. The Labute approximate surface area is 246 Å². The fraction of sp³-hybridized carbons (Fsp3) is 0.469. The van der Waals surface area contributed by atoms with Gasteiger partial charge >= 0.3 is 6.03 Å². The number of anilines is 1. The number of primary amides is 1. The van der Waals surface area contributed by atoms with Crippen LogP contribution in [0.25, 0.3) is 22.0 Å². The van der Waals surface area contributed by atoms with Gasteiger partial charge in [-0.1, -0.05) is 19.9 Å². The molecule has 1 aromatic heterocycles. The van der Waals surface area contributed by atoms with E-state index in [0.717, 1.165) is 54.4 Å². The molecular formula is C32H41FN6O3. The molecule has 1 aliphatic carbocycles. The number of hydrogen-bond donors (Lipinski definition) is 4. The average molecular weight is 577 g/mol. The highest BCUT2D eigenvalue weighted by Gasteiger charge is 2.35. The zero-order valence-corrected chi connectivity index (χ0v) is 24.9. The highest BCUT2D eigenvalue weighted by Crippen LogP contribution is 2.43. The van der Waals surface area contributed by atoms with E-state index in [2.05, 4.69) is 29.8 Å². The van der Waals surface area contributed by atoms with Crippen molar-refractivity contribution in [1.29, 1.82) is 0 Å². The number of aromatic nitrogens is 1. The number of carbonyl (C=O) groups excluding carboxylic acids is 3. The van der Waals surface area contributed by atoms with Gasteiger partial charge in [-0.15, -0.1) is 0 Å². The number of benzene rings is 2. The Balaban J connectivity index is 1.39. The molecule has 42 heavy (non-hydrogen) atoms. The van der Waals surface area contributed by atoms with E-state index in [0.29, 0.717) is 36.2 Å². The summed E-state index contributed by atoms with van der Waals surface area (Å²) in [5.41, 5.74) is 9.68. The van der Waals surface area contributed by atoms with E-state index < -0.39 is 11.7 Å². The predicted octanol–water partition coefficient (Wildman–Crippen LogP) is 4.74. The van der Waals surface area contributed by atoms with Crippen LogP contribution >= 0.6 is 0 Å². The Hall–Kier alpha value is -3.92. The van der Waals surface area contributed by atoms with Crippen molar-refractivity contribution in [2.75, 3.05) is 32.5 Å². The van der Waals surface area contributed by atoms with Crippen molar-refractivity contribution in [2.45, 2.75) is 64.5 Å².